The van der Waals surface area contributed by atoms with E-state index >= 15 is 0 Å². The summed E-state index contributed by atoms with van der Waals surface area (Å²) < 4.78 is 38.3. The average Bonchev–Trinajstić information content (AvgIpc) is 2.22. The van der Waals surface area contributed by atoms with Gasteiger partial charge in [0, 0.05) is 18.8 Å². The second-order valence-electron chi connectivity index (χ2n) is 4.12. The van der Waals surface area contributed by atoms with E-state index in [2.05, 4.69) is 10.6 Å². The molecule has 0 spiro atoms. The maximum atomic E-state index is 12.8. The highest BCUT2D eigenvalue weighted by Gasteiger charge is 2.35. The fourth-order valence-electron chi connectivity index (χ4n) is 1.71. The Balaban J connectivity index is 2.32. The quantitative estimate of drug-likeness (QED) is 0.763. The van der Waals surface area contributed by atoms with Gasteiger partial charge in [0.2, 0.25) is 5.91 Å². The van der Waals surface area contributed by atoms with E-state index in [1.165, 1.54) is 6.07 Å². The van der Waals surface area contributed by atoms with Gasteiger partial charge in [-0.05, 0) is 18.2 Å². The molecule has 98 valence electrons. The zero-order valence-corrected chi connectivity index (χ0v) is 9.34. The maximum absolute atomic E-state index is 12.8. The fourth-order valence-corrected chi connectivity index (χ4v) is 1.71. The molecular weight excluding hydrogens is 247 g/mol. The summed E-state index contributed by atoms with van der Waals surface area (Å²) in [5, 5.41) is 5.94. The minimum atomic E-state index is -4.60. The van der Waals surface area contributed by atoms with E-state index < -0.39 is 23.2 Å². The summed E-state index contributed by atoms with van der Waals surface area (Å²) in [6.45, 7) is 1.41. The second-order valence-corrected chi connectivity index (χ2v) is 4.12. The number of halogens is 3. The van der Waals surface area contributed by atoms with Crippen LogP contribution in [0.1, 0.15) is 15.9 Å². The van der Waals surface area contributed by atoms with Crippen LogP contribution in [0.5, 0.6) is 0 Å². The third-order valence-corrected chi connectivity index (χ3v) is 2.74. The molecule has 1 fully saturated rings. The first-order chi connectivity index (χ1) is 8.38. The first-order valence-corrected chi connectivity index (χ1v) is 5.36. The van der Waals surface area contributed by atoms with Crippen LogP contribution in [0.15, 0.2) is 18.2 Å². The number of anilines is 1. The Bertz CT molecular complexity index is 469. The summed E-state index contributed by atoms with van der Waals surface area (Å²) in [5.74, 6) is -1.08. The van der Waals surface area contributed by atoms with Crippen molar-refractivity contribution in [1.82, 2.24) is 5.32 Å². The first kappa shape index (κ1) is 12.7. The van der Waals surface area contributed by atoms with Crippen LogP contribution in [-0.4, -0.2) is 25.0 Å². The Kier molecular flexibility index (Phi) is 3.16. The molecule has 1 aliphatic heterocycles. The average molecular weight is 259 g/mol. The van der Waals surface area contributed by atoms with Gasteiger partial charge in [-0.3, -0.25) is 4.79 Å². The van der Waals surface area contributed by atoms with Crippen LogP contribution in [0.25, 0.3) is 0 Å². The number of nitrogens with one attached hydrogen (secondary N) is 2. The van der Waals surface area contributed by atoms with Crippen molar-refractivity contribution in [1.29, 1.82) is 0 Å². The summed E-state index contributed by atoms with van der Waals surface area (Å²) in [4.78, 5) is 11.0. The fraction of sp³-hybridized carbons (Fsp3) is 0.364. The highest BCUT2D eigenvalue weighted by Crippen LogP contribution is 2.33. The van der Waals surface area contributed by atoms with E-state index in [9.17, 15) is 18.0 Å². The molecule has 18 heavy (non-hydrogen) atoms. The lowest BCUT2D eigenvalue weighted by Crippen LogP contribution is -2.51. The number of hydrogen-bond acceptors (Lipinski definition) is 3. The highest BCUT2D eigenvalue weighted by molar-refractivity contribution is 5.95. The van der Waals surface area contributed by atoms with Gasteiger partial charge in [-0.15, -0.1) is 0 Å². The van der Waals surface area contributed by atoms with E-state index in [0.717, 1.165) is 12.1 Å². The number of hydrogen-bond donors (Lipinski definition) is 3. The normalized spacial score (nSPS) is 16.2. The Morgan fingerprint density at radius 1 is 1.39 bits per heavy atom. The Hall–Kier alpha value is -1.76. The molecule has 1 heterocycles. The monoisotopic (exact) mass is 259 g/mol. The highest BCUT2D eigenvalue weighted by atomic mass is 19.4. The van der Waals surface area contributed by atoms with Crippen molar-refractivity contribution >= 4 is 11.6 Å². The van der Waals surface area contributed by atoms with Gasteiger partial charge in [0.05, 0.1) is 17.2 Å². The molecule has 0 aliphatic carbocycles. The molecule has 7 heteroatoms. The molecule has 0 aromatic heterocycles. The maximum Gasteiger partial charge on any atom is 0.417 e. The number of nitrogens with two attached hydrogens (primary N) is 1. The van der Waals surface area contributed by atoms with Gasteiger partial charge in [0.25, 0.3) is 0 Å². The zero-order valence-electron chi connectivity index (χ0n) is 9.34. The van der Waals surface area contributed by atoms with Gasteiger partial charge in [-0.1, -0.05) is 0 Å². The Morgan fingerprint density at radius 3 is 2.50 bits per heavy atom. The molecule has 1 saturated heterocycles. The van der Waals surface area contributed by atoms with Crippen molar-refractivity contribution in [3.05, 3.63) is 29.3 Å². The van der Waals surface area contributed by atoms with Crippen LogP contribution in [0.3, 0.4) is 0 Å². The van der Waals surface area contributed by atoms with Crippen LogP contribution in [0.2, 0.25) is 0 Å². The molecule has 0 bridgehead atoms. The molecular formula is C11H12F3N3O. The van der Waals surface area contributed by atoms with E-state index in [-0.39, 0.29) is 6.04 Å². The minimum Gasteiger partial charge on any atom is -0.380 e. The van der Waals surface area contributed by atoms with E-state index in [1.807, 2.05) is 0 Å². The molecule has 1 aromatic carbocycles. The number of primary amides is 1. The molecule has 0 radical (unpaired) electrons. The van der Waals surface area contributed by atoms with Gasteiger partial charge in [-0.25, -0.2) is 0 Å². The predicted octanol–water partition coefficient (Wildman–Crippen LogP) is 1.19. The molecule has 2 rings (SSSR count). The van der Waals surface area contributed by atoms with Crippen LogP contribution in [-0.2, 0) is 6.18 Å². The summed E-state index contributed by atoms with van der Waals surface area (Å²) in [6.07, 6.45) is -4.60. The van der Waals surface area contributed by atoms with Crippen LogP contribution in [0, 0.1) is 0 Å². The van der Waals surface area contributed by atoms with Gasteiger partial charge in [0.1, 0.15) is 0 Å². The molecule has 1 aliphatic rings. The lowest BCUT2D eigenvalue weighted by Gasteiger charge is -2.29. The molecule has 0 saturated carbocycles. The third kappa shape index (κ3) is 2.56. The number of rotatable bonds is 3. The van der Waals surface area contributed by atoms with Crippen molar-refractivity contribution in [2.24, 2.45) is 5.73 Å². The Labute approximate surface area is 101 Å². The van der Waals surface area contributed by atoms with Crippen LogP contribution < -0.4 is 16.4 Å². The second kappa shape index (κ2) is 4.49. The SMILES string of the molecule is NC(=O)c1ccc(NC2CNC2)cc1C(F)(F)F. The molecule has 1 aromatic rings. The summed E-state index contributed by atoms with van der Waals surface area (Å²) in [7, 11) is 0. The first-order valence-electron chi connectivity index (χ1n) is 5.36. The predicted molar refractivity (Wildman–Crippen MR) is 60.2 cm³/mol. The molecule has 4 nitrogen and oxygen atoms in total. The smallest absolute Gasteiger partial charge is 0.380 e. The largest absolute Gasteiger partial charge is 0.417 e. The summed E-state index contributed by atoms with van der Waals surface area (Å²) in [6, 6.07) is 3.55. The van der Waals surface area contributed by atoms with E-state index in [1.54, 1.807) is 0 Å². The number of amides is 1. The van der Waals surface area contributed by atoms with Gasteiger partial charge in [0.15, 0.2) is 0 Å². The van der Waals surface area contributed by atoms with Crippen LogP contribution in [0.4, 0.5) is 18.9 Å². The molecule has 4 N–H and O–H groups in total. The number of alkyl halides is 3. The van der Waals surface area contributed by atoms with Crippen molar-refractivity contribution in [3.8, 4) is 0 Å². The summed E-state index contributed by atoms with van der Waals surface area (Å²) >= 11 is 0. The number of benzene rings is 1. The van der Waals surface area contributed by atoms with Gasteiger partial charge in [-0.2, -0.15) is 13.2 Å². The van der Waals surface area contributed by atoms with Gasteiger partial charge >= 0.3 is 6.18 Å². The van der Waals surface area contributed by atoms with Crippen molar-refractivity contribution < 1.29 is 18.0 Å². The zero-order chi connectivity index (χ0) is 13.3. The number of carbonyl (C=O) groups is 1. The van der Waals surface area contributed by atoms with E-state index in [4.69, 9.17) is 5.73 Å². The van der Waals surface area contributed by atoms with Crippen molar-refractivity contribution in [2.75, 3.05) is 18.4 Å². The topological polar surface area (TPSA) is 67.2 Å². The van der Waals surface area contributed by atoms with Crippen LogP contribution >= 0.6 is 0 Å². The molecule has 1 amide bonds. The third-order valence-electron chi connectivity index (χ3n) is 2.74. The lowest BCUT2D eigenvalue weighted by molar-refractivity contribution is -0.137. The Morgan fingerprint density at radius 2 is 2.06 bits per heavy atom. The standard InChI is InChI=1S/C11H12F3N3O/c12-11(13,14)9-3-6(17-7-4-16-5-7)1-2-8(9)10(15)18/h1-3,7,16-17H,4-5H2,(H2,15,18). The molecule has 0 atom stereocenters. The van der Waals surface area contributed by atoms with Gasteiger partial charge < -0.3 is 16.4 Å². The summed E-state index contributed by atoms with van der Waals surface area (Å²) in [5.41, 5.74) is 3.74. The minimum absolute atomic E-state index is 0.116. The van der Waals surface area contributed by atoms with Crippen molar-refractivity contribution in [3.63, 3.8) is 0 Å². The lowest BCUT2D eigenvalue weighted by atomic mass is 10.0. The number of carbonyl (C=O) groups excluding carboxylic acids is 1. The van der Waals surface area contributed by atoms with Crippen molar-refractivity contribution in [2.45, 2.75) is 12.2 Å². The molecule has 0 unspecified atom stereocenters. The van der Waals surface area contributed by atoms with E-state index in [0.29, 0.717) is 18.8 Å².